The minimum atomic E-state index is -0.377. The van der Waals surface area contributed by atoms with Crippen LogP contribution in [0, 0.1) is 6.92 Å². The van der Waals surface area contributed by atoms with E-state index in [0.717, 1.165) is 44.3 Å². The van der Waals surface area contributed by atoms with Gasteiger partial charge in [-0.15, -0.1) is 0 Å². The molecule has 4 nitrogen and oxygen atoms in total. The highest BCUT2D eigenvalue weighted by Crippen LogP contribution is 2.39. The molecule has 3 aromatic carbocycles. The second-order valence-corrected chi connectivity index (χ2v) is 6.98. The summed E-state index contributed by atoms with van der Waals surface area (Å²) in [5.41, 5.74) is 5.48. The van der Waals surface area contributed by atoms with Gasteiger partial charge in [-0.1, -0.05) is 42.5 Å². The van der Waals surface area contributed by atoms with Gasteiger partial charge in [0.2, 0.25) is 0 Å². The maximum Gasteiger partial charge on any atom is 0.336 e. The molecule has 0 aliphatic heterocycles. The number of methoxy groups -OCH3 is 1. The quantitative estimate of drug-likeness (QED) is 0.349. The number of rotatable bonds is 3. The highest BCUT2D eigenvalue weighted by atomic mass is 16.5. The number of aryl methyl sites for hydroxylation is 1. The highest BCUT2D eigenvalue weighted by Gasteiger charge is 2.18. The van der Waals surface area contributed by atoms with Crippen LogP contribution in [0.3, 0.4) is 0 Å². The van der Waals surface area contributed by atoms with Gasteiger partial charge < -0.3 is 13.6 Å². The molecule has 0 bridgehead atoms. The third kappa shape index (κ3) is 2.81. The average molecular weight is 382 g/mol. The van der Waals surface area contributed by atoms with Crippen molar-refractivity contribution in [2.45, 2.75) is 6.92 Å². The van der Waals surface area contributed by atoms with Crippen molar-refractivity contribution in [2.24, 2.45) is 0 Å². The molecule has 5 aromatic rings. The lowest BCUT2D eigenvalue weighted by atomic mass is 9.96. The van der Waals surface area contributed by atoms with Crippen molar-refractivity contribution in [3.05, 3.63) is 89.0 Å². The van der Waals surface area contributed by atoms with Crippen LogP contribution in [0.5, 0.6) is 5.75 Å². The SMILES string of the molecule is COc1cccc(-c2coc3c(C)c4oc(=O)cc(-c5ccccc5)c4cc23)c1. The van der Waals surface area contributed by atoms with E-state index < -0.39 is 0 Å². The smallest absolute Gasteiger partial charge is 0.336 e. The van der Waals surface area contributed by atoms with Gasteiger partial charge in [0.25, 0.3) is 0 Å². The molecule has 2 aromatic heterocycles. The first-order valence-corrected chi connectivity index (χ1v) is 9.34. The Morgan fingerprint density at radius 3 is 2.34 bits per heavy atom. The number of benzene rings is 3. The Labute approximate surface area is 167 Å². The van der Waals surface area contributed by atoms with Crippen LogP contribution in [0.1, 0.15) is 5.56 Å². The molecular formula is C25H18O4. The van der Waals surface area contributed by atoms with E-state index in [9.17, 15) is 4.79 Å². The van der Waals surface area contributed by atoms with Gasteiger partial charge in [0.1, 0.15) is 16.9 Å². The van der Waals surface area contributed by atoms with Crippen LogP contribution in [-0.2, 0) is 0 Å². The molecule has 0 unspecified atom stereocenters. The van der Waals surface area contributed by atoms with E-state index in [4.69, 9.17) is 13.6 Å². The Kier molecular flexibility index (Phi) is 3.98. The van der Waals surface area contributed by atoms with Crippen LogP contribution in [0.15, 0.2) is 86.6 Å². The monoisotopic (exact) mass is 382 g/mol. The molecule has 0 atom stereocenters. The molecule has 0 saturated heterocycles. The highest BCUT2D eigenvalue weighted by molar-refractivity contribution is 6.08. The fourth-order valence-electron chi connectivity index (χ4n) is 3.84. The minimum absolute atomic E-state index is 0.377. The molecule has 142 valence electrons. The number of fused-ring (bicyclic) bond motifs is 2. The lowest BCUT2D eigenvalue weighted by Gasteiger charge is -2.09. The first-order valence-electron chi connectivity index (χ1n) is 9.34. The minimum Gasteiger partial charge on any atom is -0.497 e. The summed E-state index contributed by atoms with van der Waals surface area (Å²) >= 11 is 0. The molecular weight excluding hydrogens is 364 g/mol. The average Bonchev–Trinajstić information content (AvgIpc) is 3.19. The fraction of sp³-hybridized carbons (Fsp3) is 0.0800. The predicted octanol–water partition coefficient (Wildman–Crippen LogP) is 6.19. The summed E-state index contributed by atoms with van der Waals surface area (Å²) in [7, 11) is 1.65. The van der Waals surface area contributed by atoms with Crippen molar-refractivity contribution in [3.8, 4) is 28.0 Å². The van der Waals surface area contributed by atoms with Crippen molar-refractivity contribution in [2.75, 3.05) is 7.11 Å². The number of furan rings is 1. The van der Waals surface area contributed by atoms with E-state index in [-0.39, 0.29) is 5.63 Å². The third-order valence-electron chi connectivity index (χ3n) is 5.26. The van der Waals surface area contributed by atoms with Gasteiger partial charge in [-0.25, -0.2) is 4.79 Å². The van der Waals surface area contributed by atoms with Crippen LogP contribution in [0.4, 0.5) is 0 Å². The summed E-state index contributed by atoms with van der Waals surface area (Å²) in [6.07, 6.45) is 1.74. The van der Waals surface area contributed by atoms with Crippen LogP contribution < -0.4 is 10.4 Å². The second kappa shape index (κ2) is 6.67. The van der Waals surface area contributed by atoms with Crippen molar-refractivity contribution >= 4 is 21.9 Å². The van der Waals surface area contributed by atoms with E-state index in [2.05, 4.69) is 0 Å². The first kappa shape index (κ1) is 17.3. The van der Waals surface area contributed by atoms with Gasteiger partial charge in [0, 0.05) is 28.0 Å². The Morgan fingerprint density at radius 1 is 0.793 bits per heavy atom. The molecule has 0 N–H and O–H groups in total. The third-order valence-corrected chi connectivity index (χ3v) is 5.26. The van der Waals surface area contributed by atoms with Gasteiger partial charge >= 0.3 is 5.63 Å². The van der Waals surface area contributed by atoms with Crippen molar-refractivity contribution < 1.29 is 13.6 Å². The summed E-state index contributed by atoms with van der Waals surface area (Å²) in [4.78, 5) is 12.3. The molecule has 0 fully saturated rings. The van der Waals surface area contributed by atoms with Crippen LogP contribution in [-0.4, -0.2) is 7.11 Å². The standard InChI is InChI=1S/C25H18O4/c1-15-24-21(22(14-28-24)17-9-6-10-18(11-17)27-2)12-20-19(13-23(26)29-25(15)20)16-7-4-3-5-8-16/h3-14H,1-2H3. The van der Waals surface area contributed by atoms with Crippen LogP contribution in [0.2, 0.25) is 0 Å². The summed E-state index contributed by atoms with van der Waals surface area (Å²) < 4.78 is 16.8. The topological polar surface area (TPSA) is 52.6 Å². The Hall–Kier alpha value is -3.79. The first-order chi connectivity index (χ1) is 14.2. The van der Waals surface area contributed by atoms with E-state index in [0.29, 0.717) is 11.2 Å². The Bertz CT molecular complexity index is 1410. The molecule has 5 rings (SSSR count). The summed E-state index contributed by atoms with van der Waals surface area (Å²) in [5, 5.41) is 1.85. The fourth-order valence-corrected chi connectivity index (χ4v) is 3.84. The maximum atomic E-state index is 12.3. The molecule has 0 spiro atoms. The van der Waals surface area contributed by atoms with Gasteiger partial charge in [0.15, 0.2) is 0 Å². The zero-order valence-corrected chi connectivity index (χ0v) is 16.1. The molecule has 0 aliphatic rings. The van der Waals surface area contributed by atoms with E-state index in [1.165, 1.54) is 0 Å². The summed E-state index contributed by atoms with van der Waals surface area (Å²) in [6, 6.07) is 21.3. The van der Waals surface area contributed by atoms with E-state index in [1.54, 1.807) is 19.4 Å². The molecule has 0 amide bonds. The number of ether oxygens (including phenoxy) is 1. The molecule has 0 saturated carbocycles. The molecule has 0 aliphatic carbocycles. The van der Waals surface area contributed by atoms with Crippen molar-refractivity contribution in [1.82, 2.24) is 0 Å². The van der Waals surface area contributed by atoms with Gasteiger partial charge in [-0.05, 0) is 41.8 Å². The van der Waals surface area contributed by atoms with E-state index in [1.807, 2.05) is 67.6 Å². The van der Waals surface area contributed by atoms with Gasteiger partial charge in [-0.2, -0.15) is 0 Å². The Balaban J connectivity index is 1.86. The lowest BCUT2D eigenvalue weighted by molar-refractivity contribution is 0.415. The number of hydrogen-bond acceptors (Lipinski definition) is 4. The van der Waals surface area contributed by atoms with Crippen LogP contribution >= 0.6 is 0 Å². The van der Waals surface area contributed by atoms with Gasteiger partial charge in [0.05, 0.1) is 13.4 Å². The zero-order valence-electron chi connectivity index (χ0n) is 16.1. The van der Waals surface area contributed by atoms with Gasteiger partial charge in [-0.3, -0.25) is 0 Å². The maximum absolute atomic E-state index is 12.3. The van der Waals surface area contributed by atoms with Crippen LogP contribution in [0.25, 0.3) is 44.2 Å². The second-order valence-electron chi connectivity index (χ2n) is 6.98. The van der Waals surface area contributed by atoms with Crippen molar-refractivity contribution in [1.29, 1.82) is 0 Å². The lowest BCUT2D eigenvalue weighted by Crippen LogP contribution is -1.99. The summed E-state index contributed by atoms with van der Waals surface area (Å²) in [6.45, 7) is 1.92. The number of hydrogen-bond donors (Lipinski definition) is 0. The predicted molar refractivity (Wildman–Crippen MR) is 114 cm³/mol. The largest absolute Gasteiger partial charge is 0.497 e. The van der Waals surface area contributed by atoms with E-state index >= 15 is 0 Å². The summed E-state index contributed by atoms with van der Waals surface area (Å²) in [5.74, 6) is 0.783. The molecule has 0 radical (unpaired) electrons. The zero-order chi connectivity index (χ0) is 20.0. The normalized spacial score (nSPS) is 11.2. The van der Waals surface area contributed by atoms with Crippen molar-refractivity contribution in [3.63, 3.8) is 0 Å². The molecule has 29 heavy (non-hydrogen) atoms. The molecule has 4 heteroatoms. The molecule has 2 heterocycles. The Morgan fingerprint density at radius 2 is 1.55 bits per heavy atom.